The van der Waals surface area contributed by atoms with Crippen molar-refractivity contribution in [1.82, 2.24) is 25.5 Å². The molecule has 1 amide bonds. The van der Waals surface area contributed by atoms with Gasteiger partial charge in [-0.3, -0.25) is 4.79 Å². The van der Waals surface area contributed by atoms with Crippen molar-refractivity contribution in [3.05, 3.63) is 0 Å². The Bertz CT molecular complexity index is 359. The summed E-state index contributed by atoms with van der Waals surface area (Å²) in [6, 6.07) is 0. The Kier molecular flexibility index (Phi) is 7.30. The molecule has 8 nitrogen and oxygen atoms in total. The number of nitrogens with two attached hydrogens (primary N) is 1. The summed E-state index contributed by atoms with van der Waals surface area (Å²) in [6.07, 6.45) is 0.803. The summed E-state index contributed by atoms with van der Waals surface area (Å²) in [4.78, 5) is 11.5. The van der Waals surface area contributed by atoms with Crippen LogP contribution >= 0.6 is 11.8 Å². The molecule has 0 aliphatic heterocycles. The Balaban J connectivity index is 2.22. The zero-order chi connectivity index (χ0) is 13.2. The van der Waals surface area contributed by atoms with Crippen LogP contribution in [-0.4, -0.2) is 58.7 Å². The first kappa shape index (κ1) is 14.9. The van der Waals surface area contributed by atoms with Crippen LogP contribution in [0.5, 0.6) is 0 Å². The Labute approximate surface area is 110 Å². The minimum absolute atomic E-state index is 0.0431. The fourth-order valence-corrected chi connectivity index (χ4v) is 1.92. The van der Waals surface area contributed by atoms with E-state index < -0.39 is 0 Å². The highest BCUT2D eigenvalue weighted by atomic mass is 32.2. The number of aromatic nitrogens is 4. The number of methoxy groups -OCH3 is 1. The number of ether oxygens (including phenoxy) is 1. The van der Waals surface area contributed by atoms with E-state index in [0.717, 1.165) is 6.42 Å². The average Bonchev–Trinajstić information content (AvgIpc) is 2.80. The van der Waals surface area contributed by atoms with Crippen molar-refractivity contribution in [3.63, 3.8) is 0 Å². The van der Waals surface area contributed by atoms with Crippen LogP contribution in [0.2, 0.25) is 0 Å². The zero-order valence-corrected chi connectivity index (χ0v) is 11.2. The molecule has 0 unspecified atom stereocenters. The van der Waals surface area contributed by atoms with Gasteiger partial charge in [-0.25, -0.2) is 4.68 Å². The van der Waals surface area contributed by atoms with E-state index in [4.69, 9.17) is 10.5 Å². The minimum Gasteiger partial charge on any atom is -0.385 e. The highest BCUT2D eigenvalue weighted by Gasteiger charge is 2.08. The summed E-state index contributed by atoms with van der Waals surface area (Å²) in [5.74, 6) is 0.246. The van der Waals surface area contributed by atoms with Gasteiger partial charge in [0.05, 0.1) is 12.3 Å². The smallest absolute Gasteiger partial charge is 0.230 e. The highest BCUT2D eigenvalue weighted by Crippen LogP contribution is 2.12. The predicted octanol–water partition coefficient (Wildman–Crippen LogP) is -1.12. The van der Waals surface area contributed by atoms with Gasteiger partial charge in [0, 0.05) is 26.8 Å². The topological polar surface area (TPSA) is 108 Å². The van der Waals surface area contributed by atoms with Crippen molar-refractivity contribution in [3.8, 4) is 0 Å². The molecule has 0 aliphatic carbocycles. The lowest BCUT2D eigenvalue weighted by Gasteiger charge is -2.04. The molecule has 1 aromatic heterocycles. The SMILES string of the molecule is COCCCNC(=O)CSc1nnnn1CCN. The van der Waals surface area contributed by atoms with Crippen LogP contribution in [-0.2, 0) is 16.1 Å². The number of carbonyl (C=O) groups is 1. The van der Waals surface area contributed by atoms with Gasteiger partial charge in [0.25, 0.3) is 0 Å². The van der Waals surface area contributed by atoms with E-state index in [1.54, 1.807) is 11.8 Å². The molecule has 1 rings (SSSR count). The third kappa shape index (κ3) is 5.43. The van der Waals surface area contributed by atoms with Gasteiger partial charge in [0.15, 0.2) is 0 Å². The van der Waals surface area contributed by atoms with Gasteiger partial charge in [0.1, 0.15) is 0 Å². The lowest BCUT2D eigenvalue weighted by molar-refractivity contribution is -0.118. The maximum absolute atomic E-state index is 11.5. The summed E-state index contributed by atoms with van der Waals surface area (Å²) in [6.45, 7) is 2.26. The molecule has 0 saturated heterocycles. The van der Waals surface area contributed by atoms with Crippen LogP contribution in [0.25, 0.3) is 0 Å². The van der Waals surface area contributed by atoms with Crippen LogP contribution < -0.4 is 11.1 Å². The van der Waals surface area contributed by atoms with Crippen molar-refractivity contribution in [2.45, 2.75) is 18.1 Å². The largest absolute Gasteiger partial charge is 0.385 e. The van der Waals surface area contributed by atoms with Crippen molar-refractivity contribution < 1.29 is 9.53 Å². The monoisotopic (exact) mass is 274 g/mol. The van der Waals surface area contributed by atoms with Crippen LogP contribution in [0.1, 0.15) is 6.42 Å². The number of carbonyl (C=O) groups excluding carboxylic acids is 1. The van der Waals surface area contributed by atoms with E-state index in [1.165, 1.54) is 11.8 Å². The third-order valence-electron chi connectivity index (χ3n) is 2.02. The van der Waals surface area contributed by atoms with Crippen LogP contribution in [0.15, 0.2) is 5.16 Å². The van der Waals surface area contributed by atoms with Crippen molar-refractivity contribution in [2.24, 2.45) is 5.73 Å². The summed E-state index contributed by atoms with van der Waals surface area (Å²) < 4.78 is 6.47. The van der Waals surface area contributed by atoms with Gasteiger partial charge < -0.3 is 15.8 Å². The van der Waals surface area contributed by atoms with E-state index in [1.807, 2.05) is 0 Å². The number of nitrogens with zero attached hydrogens (tertiary/aromatic N) is 4. The molecule has 0 fully saturated rings. The number of hydrogen-bond acceptors (Lipinski definition) is 7. The highest BCUT2D eigenvalue weighted by molar-refractivity contribution is 7.99. The molecular formula is C9H18N6O2S. The quantitative estimate of drug-likeness (QED) is 0.433. The van der Waals surface area contributed by atoms with E-state index >= 15 is 0 Å². The Hall–Kier alpha value is -1.19. The van der Waals surface area contributed by atoms with Crippen molar-refractivity contribution >= 4 is 17.7 Å². The van der Waals surface area contributed by atoms with Gasteiger partial charge in [-0.1, -0.05) is 11.8 Å². The normalized spacial score (nSPS) is 10.6. The van der Waals surface area contributed by atoms with Crippen molar-refractivity contribution in [2.75, 3.05) is 32.6 Å². The second-order valence-corrected chi connectivity index (χ2v) is 4.40. The molecule has 1 heterocycles. The molecule has 18 heavy (non-hydrogen) atoms. The van der Waals surface area contributed by atoms with Gasteiger partial charge in [0.2, 0.25) is 11.1 Å². The molecule has 0 atom stereocenters. The average molecular weight is 274 g/mol. The number of amides is 1. The molecule has 102 valence electrons. The molecule has 0 bridgehead atoms. The lowest BCUT2D eigenvalue weighted by atomic mass is 10.4. The van der Waals surface area contributed by atoms with Crippen LogP contribution in [0.4, 0.5) is 0 Å². The molecule has 0 aliphatic rings. The van der Waals surface area contributed by atoms with Gasteiger partial charge in [-0.15, -0.1) is 5.10 Å². The molecule has 1 aromatic rings. The first-order valence-corrected chi connectivity index (χ1v) is 6.61. The number of tetrazole rings is 1. The third-order valence-corrected chi connectivity index (χ3v) is 2.98. The van der Waals surface area contributed by atoms with Crippen molar-refractivity contribution in [1.29, 1.82) is 0 Å². The Morgan fingerprint density at radius 2 is 2.44 bits per heavy atom. The zero-order valence-electron chi connectivity index (χ0n) is 10.3. The fraction of sp³-hybridized carbons (Fsp3) is 0.778. The fourth-order valence-electron chi connectivity index (χ4n) is 1.19. The van der Waals surface area contributed by atoms with Gasteiger partial charge in [-0.05, 0) is 16.8 Å². The van der Waals surface area contributed by atoms with Gasteiger partial charge >= 0.3 is 0 Å². The summed E-state index contributed by atoms with van der Waals surface area (Å²) >= 11 is 1.29. The van der Waals surface area contributed by atoms with Crippen LogP contribution in [0, 0.1) is 0 Å². The second-order valence-electron chi connectivity index (χ2n) is 3.46. The van der Waals surface area contributed by atoms with Gasteiger partial charge in [-0.2, -0.15) is 0 Å². The lowest BCUT2D eigenvalue weighted by Crippen LogP contribution is -2.27. The summed E-state index contributed by atoms with van der Waals surface area (Å²) in [5, 5.41) is 14.5. The maximum Gasteiger partial charge on any atom is 0.230 e. The standard InChI is InChI=1S/C9H18N6O2S/c1-17-6-2-4-11-8(16)7-18-9-12-13-14-15(9)5-3-10/h2-7,10H2,1H3,(H,11,16). The molecule has 0 aromatic carbocycles. The molecule has 9 heteroatoms. The Morgan fingerprint density at radius 1 is 1.61 bits per heavy atom. The number of hydrogen-bond donors (Lipinski definition) is 2. The van der Waals surface area contributed by atoms with E-state index in [9.17, 15) is 4.79 Å². The minimum atomic E-state index is -0.0431. The molecule has 0 spiro atoms. The van der Waals surface area contributed by atoms with E-state index in [-0.39, 0.29) is 11.7 Å². The summed E-state index contributed by atoms with van der Waals surface area (Å²) in [7, 11) is 1.63. The first-order chi connectivity index (χ1) is 8.77. The maximum atomic E-state index is 11.5. The molecular weight excluding hydrogens is 256 g/mol. The number of thioether (sulfide) groups is 1. The molecule has 0 saturated carbocycles. The summed E-state index contributed by atoms with van der Waals surface area (Å²) in [5.41, 5.74) is 5.42. The number of nitrogens with one attached hydrogen (secondary N) is 1. The molecule has 0 radical (unpaired) electrons. The van der Waals surface area contributed by atoms with E-state index in [2.05, 4.69) is 20.8 Å². The van der Waals surface area contributed by atoms with Crippen LogP contribution in [0.3, 0.4) is 0 Å². The van der Waals surface area contributed by atoms with E-state index in [0.29, 0.717) is 31.4 Å². The Morgan fingerprint density at radius 3 is 3.17 bits per heavy atom. The first-order valence-electron chi connectivity index (χ1n) is 5.62. The number of rotatable bonds is 9. The predicted molar refractivity (Wildman–Crippen MR) is 67.1 cm³/mol. The second kappa shape index (κ2) is 8.84. The molecule has 3 N–H and O–H groups in total.